The number of carbonyl (C=O) groups is 2. The van der Waals surface area contributed by atoms with Gasteiger partial charge in [-0.1, -0.05) is 49.8 Å². The average Bonchev–Trinajstić information content (AvgIpc) is 3.11. The molecule has 4 rings (SSSR count). The molecule has 32 heavy (non-hydrogen) atoms. The van der Waals surface area contributed by atoms with Crippen LogP contribution in [0.4, 0.5) is 0 Å². The van der Waals surface area contributed by atoms with Crippen LogP contribution in [0.3, 0.4) is 0 Å². The van der Waals surface area contributed by atoms with Crippen molar-refractivity contribution >= 4 is 35.5 Å². The third-order valence-electron chi connectivity index (χ3n) is 10.9. The smallest absolute Gasteiger partial charge is 0.293 e. The third kappa shape index (κ3) is 4.04. The zero-order valence-electron chi connectivity index (χ0n) is 20.3. The van der Waals surface area contributed by atoms with Crippen LogP contribution in [-0.4, -0.2) is 29.6 Å². The number of carbonyl (C=O) groups excluding carboxylic acids is 2. The van der Waals surface area contributed by atoms with Gasteiger partial charge in [-0.15, -0.1) is 0 Å². The molecule has 0 aromatic carbocycles. The number of hydrogen-bond acceptors (Lipinski definition) is 4. The predicted molar refractivity (Wildman–Crippen MR) is 134 cm³/mol. The molecule has 0 bridgehead atoms. The number of unbranched alkanes of at least 4 members (excludes halogenated alkanes) is 1. The molecule has 0 aromatic heterocycles. The van der Waals surface area contributed by atoms with Gasteiger partial charge < -0.3 is 9.47 Å². The molecule has 5 heteroatoms. The van der Waals surface area contributed by atoms with Crippen molar-refractivity contribution < 1.29 is 19.1 Å². The summed E-state index contributed by atoms with van der Waals surface area (Å²) in [5, 5.41) is 0. The molecule has 4 fully saturated rings. The van der Waals surface area contributed by atoms with E-state index in [4.69, 9.17) is 9.47 Å². The first-order valence-corrected chi connectivity index (χ1v) is 14.7. The lowest BCUT2D eigenvalue weighted by Crippen LogP contribution is -2.62. The summed E-state index contributed by atoms with van der Waals surface area (Å²) in [7, 11) is 0. The first kappa shape index (κ1) is 24.8. The lowest BCUT2D eigenvalue weighted by Gasteiger charge is -2.65. The van der Waals surface area contributed by atoms with Crippen molar-refractivity contribution in [2.24, 2.45) is 46.3 Å². The quantitative estimate of drug-likeness (QED) is 0.139. The molecule has 0 amide bonds. The van der Waals surface area contributed by atoms with Gasteiger partial charge >= 0.3 is 0 Å². The highest BCUT2D eigenvalue weighted by Gasteiger charge is 2.65. The van der Waals surface area contributed by atoms with Gasteiger partial charge in [-0.3, -0.25) is 9.59 Å². The molecule has 0 N–H and O–H groups in total. The second-order valence-electron chi connectivity index (χ2n) is 11.8. The number of ether oxygens (including phenoxy) is 2. The molecule has 10 atom stereocenters. The molecule has 0 radical (unpaired) electrons. The summed E-state index contributed by atoms with van der Waals surface area (Å²) in [6, 6.07) is 0. The monoisotopic (exact) mass is 558 g/mol. The maximum atomic E-state index is 11.7. The Morgan fingerprint density at radius 2 is 1.62 bits per heavy atom. The minimum absolute atomic E-state index is 0.0216. The maximum absolute atomic E-state index is 11.7. The molecule has 4 saturated carbocycles. The van der Waals surface area contributed by atoms with Crippen molar-refractivity contribution in [2.75, 3.05) is 4.43 Å². The Labute approximate surface area is 208 Å². The lowest BCUT2D eigenvalue weighted by molar-refractivity contribution is -0.212. The third-order valence-corrected chi connectivity index (χ3v) is 11.7. The normalized spacial score (nSPS) is 47.6. The first-order chi connectivity index (χ1) is 15.4. The fourth-order valence-electron chi connectivity index (χ4n) is 9.43. The van der Waals surface area contributed by atoms with Crippen LogP contribution in [0, 0.1) is 46.3 Å². The zero-order chi connectivity index (χ0) is 22.9. The van der Waals surface area contributed by atoms with Crippen LogP contribution in [0.5, 0.6) is 0 Å². The second kappa shape index (κ2) is 10.1. The molecular formula is C27H43IO4. The van der Waals surface area contributed by atoms with Crippen LogP contribution < -0.4 is 0 Å². The van der Waals surface area contributed by atoms with Crippen molar-refractivity contribution in [2.45, 2.75) is 104 Å². The van der Waals surface area contributed by atoms with E-state index in [0.29, 0.717) is 41.5 Å². The van der Waals surface area contributed by atoms with E-state index < -0.39 is 0 Å². The minimum Gasteiger partial charge on any atom is -0.465 e. The molecule has 0 aromatic rings. The lowest BCUT2D eigenvalue weighted by atomic mass is 9.41. The van der Waals surface area contributed by atoms with Gasteiger partial charge in [0.15, 0.2) is 0 Å². The Kier molecular flexibility index (Phi) is 7.83. The van der Waals surface area contributed by atoms with Gasteiger partial charge in [0.2, 0.25) is 0 Å². The van der Waals surface area contributed by atoms with E-state index in [-0.39, 0.29) is 17.6 Å². The molecule has 182 valence electrons. The summed E-state index contributed by atoms with van der Waals surface area (Å²) in [6.07, 6.45) is 13.4. The summed E-state index contributed by atoms with van der Waals surface area (Å²) in [5.41, 5.74) is 0.660. The molecule has 4 nitrogen and oxygen atoms in total. The Balaban J connectivity index is 1.65. The summed E-state index contributed by atoms with van der Waals surface area (Å²) in [6.45, 7) is 8.73. The number of fused-ring (bicyclic) bond motifs is 5. The van der Waals surface area contributed by atoms with E-state index in [1.807, 2.05) is 0 Å². The van der Waals surface area contributed by atoms with E-state index in [1.54, 1.807) is 0 Å². The Hall–Kier alpha value is -0.330. The van der Waals surface area contributed by atoms with Gasteiger partial charge in [-0.2, -0.15) is 0 Å². The van der Waals surface area contributed by atoms with Crippen LogP contribution >= 0.6 is 22.6 Å². The van der Waals surface area contributed by atoms with Gasteiger partial charge in [-0.05, 0) is 109 Å². The fraction of sp³-hybridized carbons (Fsp3) is 0.926. The number of halogens is 1. The van der Waals surface area contributed by atoms with Crippen LogP contribution in [-0.2, 0) is 19.1 Å². The van der Waals surface area contributed by atoms with Crippen molar-refractivity contribution in [1.29, 1.82) is 0 Å². The van der Waals surface area contributed by atoms with E-state index in [0.717, 1.165) is 38.1 Å². The van der Waals surface area contributed by atoms with Crippen molar-refractivity contribution in [3.63, 3.8) is 0 Å². The predicted octanol–water partition coefficient (Wildman–Crippen LogP) is 6.58. The number of rotatable bonds is 9. The van der Waals surface area contributed by atoms with Gasteiger partial charge in [0.25, 0.3) is 12.9 Å². The Bertz CT molecular complexity index is 670. The van der Waals surface area contributed by atoms with Crippen LogP contribution in [0.25, 0.3) is 0 Å². The molecule has 0 unspecified atom stereocenters. The summed E-state index contributed by atoms with van der Waals surface area (Å²) in [5.74, 6) is 3.43. The highest BCUT2D eigenvalue weighted by atomic mass is 127. The van der Waals surface area contributed by atoms with Crippen molar-refractivity contribution in [3.8, 4) is 0 Å². The largest absolute Gasteiger partial charge is 0.465 e. The molecule has 0 heterocycles. The second-order valence-corrected chi connectivity index (χ2v) is 12.9. The van der Waals surface area contributed by atoms with E-state index in [2.05, 4.69) is 43.4 Å². The standard InChI is InChI=1S/C27H43IO4/c1-4-20-23-15-19(31-16-29)10-12-27(23,3)22-11-13-26(2)18(7-5-6-14-28)8-9-21(26)24(22)25(20)32-17-30/h16-25H,4-15H2,1-3H3/t18-,19+,20+,21-,22-,23-,24-,25+,26+,27+/m0/s1. The summed E-state index contributed by atoms with van der Waals surface area (Å²) >= 11 is 2.51. The number of hydrogen-bond donors (Lipinski definition) is 0. The zero-order valence-corrected chi connectivity index (χ0v) is 22.4. The SMILES string of the molecule is CC[C@H]1[C@@H](OC=O)[C@@H]2[C@H](CC[C@]3(C)[C@@H](CCCCI)CC[C@@H]23)[C@@]2(C)CC[C@@H](OC=O)C[C@@H]12. The van der Waals surface area contributed by atoms with Crippen LogP contribution in [0.2, 0.25) is 0 Å². The first-order valence-electron chi connectivity index (χ1n) is 13.2. The van der Waals surface area contributed by atoms with Crippen LogP contribution in [0.15, 0.2) is 0 Å². The number of alkyl halides is 1. The Morgan fingerprint density at radius 1 is 0.906 bits per heavy atom. The van der Waals surface area contributed by atoms with Gasteiger partial charge in [0, 0.05) is 5.92 Å². The minimum atomic E-state index is 0.0216. The molecule has 0 saturated heterocycles. The van der Waals surface area contributed by atoms with E-state index in [1.165, 1.54) is 49.4 Å². The van der Waals surface area contributed by atoms with Crippen LogP contribution in [0.1, 0.15) is 91.4 Å². The van der Waals surface area contributed by atoms with Crippen molar-refractivity contribution in [1.82, 2.24) is 0 Å². The topological polar surface area (TPSA) is 52.6 Å². The van der Waals surface area contributed by atoms with Gasteiger partial charge in [0.05, 0.1) is 0 Å². The van der Waals surface area contributed by atoms with Crippen molar-refractivity contribution in [3.05, 3.63) is 0 Å². The molecule has 0 spiro atoms. The molecule has 4 aliphatic rings. The van der Waals surface area contributed by atoms with E-state index in [9.17, 15) is 9.59 Å². The molecular weight excluding hydrogens is 515 g/mol. The Morgan fingerprint density at radius 3 is 2.31 bits per heavy atom. The highest BCUT2D eigenvalue weighted by molar-refractivity contribution is 14.1. The molecule has 0 aliphatic heterocycles. The highest BCUT2D eigenvalue weighted by Crippen LogP contribution is 2.69. The van der Waals surface area contributed by atoms with Gasteiger partial charge in [0.1, 0.15) is 12.2 Å². The summed E-state index contributed by atoms with van der Waals surface area (Å²) < 4.78 is 12.8. The van der Waals surface area contributed by atoms with Gasteiger partial charge in [-0.25, -0.2) is 0 Å². The average molecular weight is 559 g/mol. The maximum Gasteiger partial charge on any atom is 0.293 e. The van der Waals surface area contributed by atoms with E-state index >= 15 is 0 Å². The molecule has 4 aliphatic carbocycles. The summed E-state index contributed by atoms with van der Waals surface area (Å²) in [4.78, 5) is 22.8. The fourth-order valence-corrected chi connectivity index (χ4v) is 9.97.